The Morgan fingerprint density at radius 2 is 1.62 bits per heavy atom. The lowest BCUT2D eigenvalue weighted by Gasteiger charge is -2.36. The summed E-state index contributed by atoms with van der Waals surface area (Å²) < 4.78 is 11.2. The average molecular weight is 520 g/mol. The molecule has 6 nitrogen and oxygen atoms in total. The molecule has 0 aromatic heterocycles. The Labute approximate surface area is 226 Å². The van der Waals surface area contributed by atoms with Crippen molar-refractivity contribution in [1.82, 2.24) is 5.32 Å². The number of unbranched alkanes of at least 4 members (excludes halogenated alkanes) is 8. The summed E-state index contributed by atoms with van der Waals surface area (Å²) in [6.07, 6.45) is 24.6. The standard InChI is InChI=1S/C31H53NO5/c1-5-7-8-9-10-11-12-13-14-15-16-17-18-19-20-21-26(23-29-27(6-2)30(34)37-29)36-31(35)28(32-24-33)22-25(3)4/h10-11,13-14,24-29H,5-9,12,15-23H2,1-4H3,(H,32,33)/t26?,27-,28-,29+/m0/s1. The fourth-order valence-electron chi connectivity index (χ4n) is 4.74. The largest absolute Gasteiger partial charge is 0.461 e. The van der Waals surface area contributed by atoms with Crippen LogP contribution in [0.4, 0.5) is 0 Å². The molecule has 37 heavy (non-hydrogen) atoms. The molecular formula is C31H53NO5. The van der Waals surface area contributed by atoms with Crippen LogP contribution in [0.3, 0.4) is 0 Å². The predicted molar refractivity (Wildman–Crippen MR) is 150 cm³/mol. The van der Waals surface area contributed by atoms with Gasteiger partial charge in [-0.2, -0.15) is 0 Å². The van der Waals surface area contributed by atoms with Crippen molar-refractivity contribution in [3.63, 3.8) is 0 Å². The van der Waals surface area contributed by atoms with E-state index < -0.39 is 12.0 Å². The first-order chi connectivity index (χ1) is 17.9. The molecule has 1 saturated heterocycles. The zero-order chi connectivity index (χ0) is 27.3. The average Bonchev–Trinajstić information content (AvgIpc) is 2.85. The van der Waals surface area contributed by atoms with Crippen LogP contribution < -0.4 is 5.32 Å². The molecule has 0 aromatic carbocycles. The van der Waals surface area contributed by atoms with Crippen LogP contribution in [0.15, 0.2) is 24.3 Å². The smallest absolute Gasteiger partial charge is 0.328 e. The third kappa shape index (κ3) is 15.0. The van der Waals surface area contributed by atoms with Gasteiger partial charge in [-0.1, -0.05) is 84.1 Å². The van der Waals surface area contributed by atoms with Gasteiger partial charge in [0.25, 0.3) is 0 Å². The number of hydrogen-bond donors (Lipinski definition) is 1. The van der Waals surface area contributed by atoms with Crippen LogP contribution >= 0.6 is 0 Å². The van der Waals surface area contributed by atoms with Gasteiger partial charge in [0.2, 0.25) is 6.41 Å². The number of allylic oxidation sites excluding steroid dienone is 4. The van der Waals surface area contributed by atoms with Crippen LogP contribution in [0.2, 0.25) is 0 Å². The molecule has 4 atom stereocenters. The summed E-state index contributed by atoms with van der Waals surface area (Å²) in [6, 6.07) is -0.643. The van der Waals surface area contributed by atoms with E-state index in [1.165, 1.54) is 38.5 Å². The van der Waals surface area contributed by atoms with E-state index in [1.807, 2.05) is 20.8 Å². The Kier molecular flexibility index (Phi) is 18.6. The minimum atomic E-state index is -0.643. The SMILES string of the molecule is CCCCCC=CCC=CCCCCCCCC(C[C@H]1OC(=O)[C@H]1CC)OC(=O)[C@H](CC(C)C)NC=O. The molecule has 212 valence electrons. The summed E-state index contributed by atoms with van der Waals surface area (Å²) in [5, 5.41) is 2.60. The molecule has 1 unspecified atom stereocenters. The van der Waals surface area contributed by atoms with Gasteiger partial charge >= 0.3 is 11.9 Å². The van der Waals surface area contributed by atoms with Crippen molar-refractivity contribution in [2.24, 2.45) is 11.8 Å². The summed E-state index contributed by atoms with van der Waals surface area (Å²) in [4.78, 5) is 35.5. The van der Waals surface area contributed by atoms with Crippen LogP contribution in [0.25, 0.3) is 0 Å². The van der Waals surface area contributed by atoms with E-state index >= 15 is 0 Å². The number of rotatable bonds is 23. The number of carbonyl (C=O) groups excluding carboxylic acids is 3. The fraction of sp³-hybridized carbons (Fsp3) is 0.774. The van der Waals surface area contributed by atoms with E-state index in [2.05, 4.69) is 36.5 Å². The summed E-state index contributed by atoms with van der Waals surface area (Å²) >= 11 is 0. The Hall–Kier alpha value is -2.11. The zero-order valence-corrected chi connectivity index (χ0v) is 23.9. The molecule has 1 rings (SSSR count). The molecular weight excluding hydrogens is 466 g/mol. The van der Waals surface area contributed by atoms with Crippen LogP contribution in [0, 0.1) is 11.8 Å². The van der Waals surface area contributed by atoms with Crippen LogP contribution in [0.5, 0.6) is 0 Å². The molecule has 0 spiro atoms. The number of carbonyl (C=O) groups is 3. The van der Waals surface area contributed by atoms with E-state index in [0.29, 0.717) is 19.3 Å². The van der Waals surface area contributed by atoms with Crippen molar-refractivity contribution in [3.8, 4) is 0 Å². The number of hydrogen-bond acceptors (Lipinski definition) is 5. The lowest BCUT2D eigenvalue weighted by atomic mass is 9.89. The summed E-state index contributed by atoms with van der Waals surface area (Å²) in [5.41, 5.74) is 0. The molecule has 1 heterocycles. The number of cyclic esters (lactones) is 1. The van der Waals surface area contributed by atoms with Crippen molar-refractivity contribution in [2.45, 2.75) is 142 Å². The van der Waals surface area contributed by atoms with E-state index in [4.69, 9.17) is 9.47 Å². The third-order valence-corrected chi connectivity index (χ3v) is 6.97. The minimum Gasteiger partial charge on any atom is -0.461 e. The second-order valence-electron chi connectivity index (χ2n) is 10.8. The van der Waals surface area contributed by atoms with E-state index in [9.17, 15) is 14.4 Å². The second-order valence-corrected chi connectivity index (χ2v) is 10.8. The van der Waals surface area contributed by atoms with Gasteiger partial charge in [0, 0.05) is 6.42 Å². The maximum atomic E-state index is 12.8. The molecule has 1 N–H and O–H groups in total. The van der Waals surface area contributed by atoms with Gasteiger partial charge in [-0.05, 0) is 63.7 Å². The molecule has 1 fully saturated rings. The molecule has 0 aliphatic carbocycles. The van der Waals surface area contributed by atoms with Crippen molar-refractivity contribution >= 4 is 18.3 Å². The Morgan fingerprint density at radius 1 is 0.973 bits per heavy atom. The first-order valence-corrected chi connectivity index (χ1v) is 14.8. The first-order valence-electron chi connectivity index (χ1n) is 14.8. The van der Waals surface area contributed by atoms with Crippen LogP contribution in [-0.2, 0) is 23.9 Å². The molecule has 0 saturated carbocycles. The minimum absolute atomic E-state index is 0.106. The highest BCUT2D eigenvalue weighted by Crippen LogP contribution is 2.31. The number of ether oxygens (including phenoxy) is 2. The van der Waals surface area contributed by atoms with Crippen molar-refractivity contribution < 1.29 is 23.9 Å². The molecule has 0 bridgehead atoms. The summed E-state index contributed by atoms with van der Waals surface area (Å²) in [5.74, 6) is -0.408. The van der Waals surface area contributed by atoms with Gasteiger partial charge in [-0.25, -0.2) is 4.79 Å². The van der Waals surface area contributed by atoms with Crippen molar-refractivity contribution in [3.05, 3.63) is 24.3 Å². The number of nitrogens with one attached hydrogen (secondary N) is 1. The highest BCUT2D eigenvalue weighted by atomic mass is 16.6. The fourth-order valence-corrected chi connectivity index (χ4v) is 4.74. The molecule has 1 aliphatic heterocycles. The third-order valence-electron chi connectivity index (χ3n) is 6.97. The van der Waals surface area contributed by atoms with Crippen molar-refractivity contribution in [2.75, 3.05) is 0 Å². The van der Waals surface area contributed by atoms with Gasteiger partial charge < -0.3 is 14.8 Å². The van der Waals surface area contributed by atoms with Gasteiger partial charge in [0.15, 0.2) is 0 Å². The van der Waals surface area contributed by atoms with Gasteiger partial charge in [0.1, 0.15) is 18.2 Å². The van der Waals surface area contributed by atoms with Gasteiger partial charge in [0.05, 0.1) is 5.92 Å². The normalized spacial score (nSPS) is 19.1. The van der Waals surface area contributed by atoms with Gasteiger partial charge in [-0.15, -0.1) is 0 Å². The maximum absolute atomic E-state index is 12.8. The number of esters is 2. The van der Waals surface area contributed by atoms with E-state index in [0.717, 1.165) is 44.9 Å². The van der Waals surface area contributed by atoms with Crippen molar-refractivity contribution in [1.29, 1.82) is 0 Å². The molecule has 1 aliphatic rings. The Balaban J connectivity index is 2.35. The van der Waals surface area contributed by atoms with Gasteiger partial charge in [-0.3, -0.25) is 9.59 Å². The second kappa shape index (κ2) is 20.9. The highest BCUT2D eigenvalue weighted by molar-refractivity contribution is 5.79. The highest BCUT2D eigenvalue weighted by Gasteiger charge is 2.42. The first kappa shape index (κ1) is 32.9. The van der Waals surface area contributed by atoms with E-state index in [1.54, 1.807) is 0 Å². The molecule has 1 amide bonds. The van der Waals surface area contributed by atoms with E-state index in [-0.39, 0.29) is 30.0 Å². The monoisotopic (exact) mass is 519 g/mol. The lowest BCUT2D eigenvalue weighted by Crippen LogP contribution is -2.47. The molecule has 0 radical (unpaired) electrons. The summed E-state index contributed by atoms with van der Waals surface area (Å²) in [7, 11) is 0. The topological polar surface area (TPSA) is 81.7 Å². The molecule has 6 heteroatoms. The lowest BCUT2D eigenvalue weighted by molar-refractivity contribution is -0.190. The van der Waals surface area contributed by atoms with Crippen LogP contribution in [-0.4, -0.2) is 36.6 Å². The summed E-state index contributed by atoms with van der Waals surface area (Å²) in [6.45, 7) is 8.22. The Bertz CT molecular complexity index is 687. The maximum Gasteiger partial charge on any atom is 0.328 e. The number of amides is 1. The van der Waals surface area contributed by atoms with Crippen LogP contribution in [0.1, 0.15) is 124 Å². The zero-order valence-electron chi connectivity index (χ0n) is 23.9. The molecule has 0 aromatic rings. The quantitative estimate of drug-likeness (QED) is 0.0667. The Morgan fingerprint density at radius 3 is 2.22 bits per heavy atom. The predicted octanol–water partition coefficient (Wildman–Crippen LogP) is 7.21.